The van der Waals surface area contributed by atoms with Crippen molar-refractivity contribution in [1.29, 1.82) is 0 Å². The maximum Gasteiger partial charge on any atom is 0.0797 e. The van der Waals surface area contributed by atoms with Gasteiger partial charge in [-0.2, -0.15) is 0 Å². The molecule has 14 heavy (non-hydrogen) atoms. The van der Waals surface area contributed by atoms with Gasteiger partial charge in [0.1, 0.15) is 0 Å². The molecule has 0 bridgehead atoms. The molecule has 2 rings (SSSR count). The Morgan fingerprint density at radius 2 is 2.64 bits per heavy atom. The van der Waals surface area contributed by atoms with Gasteiger partial charge < -0.3 is 10.1 Å². The summed E-state index contributed by atoms with van der Waals surface area (Å²) in [6, 6.07) is 0. The molecule has 2 heterocycles. The molecule has 0 radical (unpaired) electrons. The quantitative estimate of drug-likeness (QED) is 0.818. The smallest absolute Gasteiger partial charge is 0.0797 e. The normalized spacial score (nSPS) is 21.6. The first-order chi connectivity index (χ1) is 6.86. The number of nitrogens with zero attached hydrogens (tertiary/aromatic N) is 1. The molecule has 3 nitrogen and oxygen atoms in total. The van der Waals surface area contributed by atoms with Gasteiger partial charge in [-0.25, -0.2) is 4.98 Å². The second-order valence-corrected chi connectivity index (χ2v) is 4.54. The van der Waals surface area contributed by atoms with Gasteiger partial charge in [0, 0.05) is 17.8 Å². The van der Waals surface area contributed by atoms with Gasteiger partial charge in [0.2, 0.25) is 0 Å². The van der Waals surface area contributed by atoms with E-state index in [2.05, 4.69) is 17.2 Å². The number of aryl methyl sites for hydroxylation is 1. The highest BCUT2D eigenvalue weighted by Gasteiger charge is 2.14. The lowest BCUT2D eigenvalue weighted by atomic mass is 10.3. The van der Waals surface area contributed by atoms with Crippen LogP contribution >= 0.6 is 11.3 Å². The third-order valence-corrected chi connectivity index (χ3v) is 3.54. The van der Waals surface area contributed by atoms with Crippen LogP contribution in [0.3, 0.4) is 0 Å². The summed E-state index contributed by atoms with van der Waals surface area (Å²) in [4.78, 5) is 5.58. The van der Waals surface area contributed by atoms with Crippen LogP contribution in [0, 0.1) is 6.92 Å². The number of aromatic nitrogens is 1. The SMILES string of the molecule is Cc1ncsc1CCOC1CCNC1. The van der Waals surface area contributed by atoms with Crippen molar-refractivity contribution < 1.29 is 4.74 Å². The summed E-state index contributed by atoms with van der Waals surface area (Å²) in [5.74, 6) is 0. The van der Waals surface area contributed by atoms with Crippen LogP contribution in [0.25, 0.3) is 0 Å². The van der Waals surface area contributed by atoms with Gasteiger partial charge in [0.05, 0.1) is 23.9 Å². The van der Waals surface area contributed by atoms with Crippen LogP contribution in [0.5, 0.6) is 0 Å². The number of rotatable bonds is 4. The molecule has 0 amide bonds. The van der Waals surface area contributed by atoms with Crippen LogP contribution in [0.15, 0.2) is 5.51 Å². The summed E-state index contributed by atoms with van der Waals surface area (Å²) >= 11 is 1.73. The fourth-order valence-corrected chi connectivity index (χ4v) is 2.42. The molecule has 4 heteroatoms. The largest absolute Gasteiger partial charge is 0.376 e. The third-order valence-electron chi connectivity index (χ3n) is 2.54. The van der Waals surface area contributed by atoms with E-state index in [4.69, 9.17) is 4.74 Å². The number of hydrogen-bond donors (Lipinski definition) is 1. The molecule has 1 aliphatic heterocycles. The monoisotopic (exact) mass is 212 g/mol. The Morgan fingerprint density at radius 3 is 3.29 bits per heavy atom. The minimum Gasteiger partial charge on any atom is -0.376 e. The molecule has 1 aromatic heterocycles. The lowest BCUT2D eigenvalue weighted by Crippen LogP contribution is -2.17. The minimum absolute atomic E-state index is 0.434. The lowest BCUT2D eigenvalue weighted by Gasteiger charge is -2.09. The van der Waals surface area contributed by atoms with Crippen molar-refractivity contribution in [2.75, 3.05) is 19.7 Å². The minimum atomic E-state index is 0.434. The van der Waals surface area contributed by atoms with E-state index < -0.39 is 0 Å². The molecule has 0 aromatic carbocycles. The topological polar surface area (TPSA) is 34.1 Å². The number of nitrogens with one attached hydrogen (secondary N) is 1. The Hall–Kier alpha value is -0.450. The summed E-state index contributed by atoms with van der Waals surface area (Å²) < 4.78 is 5.75. The summed E-state index contributed by atoms with van der Waals surface area (Å²) in [5, 5.41) is 3.29. The standard InChI is InChI=1S/C10H16N2OS/c1-8-10(14-7-12-8)3-5-13-9-2-4-11-6-9/h7,9,11H,2-6H2,1H3. The third kappa shape index (κ3) is 2.53. The second-order valence-electron chi connectivity index (χ2n) is 3.60. The molecule has 1 atom stereocenters. The highest BCUT2D eigenvalue weighted by Crippen LogP contribution is 2.13. The Balaban J connectivity index is 1.70. The van der Waals surface area contributed by atoms with Crippen LogP contribution in [-0.2, 0) is 11.2 Å². The fraction of sp³-hybridized carbons (Fsp3) is 0.700. The molecule has 1 unspecified atom stereocenters. The van der Waals surface area contributed by atoms with E-state index in [0.717, 1.165) is 38.2 Å². The van der Waals surface area contributed by atoms with Gasteiger partial charge in [-0.05, 0) is 19.9 Å². The van der Waals surface area contributed by atoms with Crippen LogP contribution in [0.4, 0.5) is 0 Å². The maximum absolute atomic E-state index is 5.75. The molecule has 78 valence electrons. The second kappa shape index (κ2) is 4.87. The molecule has 1 saturated heterocycles. The lowest BCUT2D eigenvalue weighted by molar-refractivity contribution is 0.0697. The van der Waals surface area contributed by atoms with Gasteiger partial charge in [-0.15, -0.1) is 11.3 Å². The average Bonchev–Trinajstić information content (AvgIpc) is 2.78. The predicted molar refractivity (Wildman–Crippen MR) is 57.8 cm³/mol. The molecule has 1 fully saturated rings. The van der Waals surface area contributed by atoms with Crippen LogP contribution in [0.2, 0.25) is 0 Å². The van der Waals surface area contributed by atoms with E-state index in [0.29, 0.717) is 6.10 Å². The first kappa shape index (κ1) is 10.1. The molecular formula is C10H16N2OS. The number of ether oxygens (including phenoxy) is 1. The van der Waals surface area contributed by atoms with Gasteiger partial charge in [0.25, 0.3) is 0 Å². The molecule has 1 N–H and O–H groups in total. The summed E-state index contributed by atoms with van der Waals surface area (Å²) in [7, 11) is 0. The number of hydrogen-bond acceptors (Lipinski definition) is 4. The van der Waals surface area contributed by atoms with E-state index in [1.807, 2.05) is 5.51 Å². The van der Waals surface area contributed by atoms with E-state index in [9.17, 15) is 0 Å². The highest BCUT2D eigenvalue weighted by atomic mass is 32.1. The fourth-order valence-electron chi connectivity index (χ4n) is 1.65. The number of thiazole rings is 1. The summed E-state index contributed by atoms with van der Waals surface area (Å²) in [6.07, 6.45) is 2.59. The van der Waals surface area contributed by atoms with Crippen LogP contribution in [0.1, 0.15) is 17.0 Å². The van der Waals surface area contributed by atoms with E-state index in [1.165, 1.54) is 4.88 Å². The Kier molecular flexibility index (Phi) is 3.50. The van der Waals surface area contributed by atoms with Crippen molar-refractivity contribution in [3.8, 4) is 0 Å². The van der Waals surface area contributed by atoms with Gasteiger partial charge in [-0.3, -0.25) is 0 Å². The van der Waals surface area contributed by atoms with Gasteiger partial charge >= 0.3 is 0 Å². The first-order valence-electron chi connectivity index (χ1n) is 5.07. The van der Waals surface area contributed by atoms with Crippen molar-refractivity contribution in [3.05, 3.63) is 16.1 Å². The van der Waals surface area contributed by atoms with Crippen LogP contribution in [-0.4, -0.2) is 30.8 Å². The van der Waals surface area contributed by atoms with Crippen molar-refractivity contribution in [2.24, 2.45) is 0 Å². The molecule has 0 saturated carbocycles. The Labute approximate surface area is 88.5 Å². The van der Waals surface area contributed by atoms with Crippen molar-refractivity contribution >= 4 is 11.3 Å². The summed E-state index contributed by atoms with van der Waals surface area (Å²) in [5.41, 5.74) is 3.06. The van der Waals surface area contributed by atoms with Crippen LogP contribution < -0.4 is 5.32 Å². The zero-order valence-corrected chi connectivity index (χ0v) is 9.27. The molecule has 0 aliphatic carbocycles. The molecule has 1 aromatic rings. The molecule has 0 spiro atoms. The van der Waals surface area contributed by atoms with Crippen molar-refractivity contribution in [1.82, 2.24) is 10.3 Å². The summed E-state index contributed by atoms with van der Waals surface area (Å²) in [6.45, 7) is 5.00. The van der Waals surface area contributed by atoms with Gasteiger partial charge in [0.15, 0.2) is 0 Å². The Bertz CT molecular complexity index is 281. The zero-order chi connectivity index (χ0) is 9.80. The predicted octanol–water partition coefficient (Wildman–Crippen LogP) is 1.37. The van der Waals surface area contributed by atoms with E-state index in [-0.39, 0.29) is 0 Å². The Morgan fingerprint density at radius 1 is 1.71 bits per heavy atom. The molecular weight excluding hydrogens is 196 g/mol. The maximum atomic E-state index is 5.75. The van der Waals surface area contributed by atoms with E-state index >= 15 is 0 Å². The van der Waals surface area contributed by atoms with Crippen molar-refractivity contribution in [2.45, 2.75) is 25.9 Å². The van der Waals surface area contributed by atoms with Crippen molar-refractivity contribution in [3.63, 3.8) is 0 Å². The van der Waals surface area contributed by atoms with E-state index in [1.54, 1.807) is 11.3 Å². The average molecular weight is 212 g/mol. The van der Waals surface area contributed by atoms with Gasteiger partial charge in [-0.1, -0.05) is 0 Å². The highest BCUT2D eigenvalue weighted by molar-refractivity contribution is 7.09. The zero-order valence-electron chi connectivity index (χ0n) is 8.45. The first-order valence-corrected chi connectivity index (χ1v) is 5.95. The molecule has 1 aliphatic rings.